The van der Waals surface area contributed by atoms with Gasteiger partial charge in [-0.1, -0.05) is 25.1 Å². The Kier molecular flexibility index (Phi) is 5.04. The lowest BCUT2D eigenvalue weighted by atomic mass is 10.0. The molecule has 0 amide bonds. The molecule has 0 atom stereocenters. The second kappa shape index (κ2) is 7.39. The topological polar surface area (TPSA) is 55.8 Å². The van der Waals surface area contributed by atoms with E-state index >= 15 is 0 Å². The SMILES string of the molecule is CCCOc1ccc(-c2cccc(OCC3CC3)c2)cc1C(=O)O. The van der Waals surface area contributed by atoms with Crippen LogP contribution in [0.4, 0.5) is 0 Å². The van der Waals surface area contributed by atoms with E-state index in [1.54, 1.807) is 12.1 Å². The Hall–Kier alpha value is -2.49. The minimum Gasteiger partial charge on any atom is -0.493 e. The van der Waals surface area contributed by atoms with Gasteiger partial charge in [0.2, 0.25) is 0 Å². The zero-order valence-corrected chi connectivity index (χ0v) is 13.8. The zero-order valence-electron chi connectivity index (χ0n) is 13.8. The van der Waals surface area contributed by atoms with Gasteiger partial charge in [0.15, 0.2) is 0 Å². The minimum atomic E-state index is -0.982. The Morgan fingerprint density at radius 2 is 1.92 bits per heavy atom. The van der Waals surface area contributed by atoms with Gasteiger partial charge in [-0.3, -0.25) is 0 Å². The Labute approximate surface area is 142 Å². The fourth-order valence-corrected chi connectivity index (χ4v) is 2.48. The zero-order chi connectivity index (χ0) is 16.9. The normalized spacial score (nSPS) is 13.5. The highest BCUT2D eigenvalue weighted by Gasteiger charge is 2.22. The molecule has 1 aliphatic rings. The molecule has 0 unspecified atom stereocenters. The lowest BCUT2D eigenvalue weighted by Crippen LogP contribution is -2.04. The number of aromatic carboxylic acids is 1. The van der Waals surface area contributed by atoms with Gasteiger partial charge in [-0.2, -0.15) is 0 Å². The molecule has 24 heavy (non-hydrogen) atoms. The Bertz CT molecular complexity index is 719. The first-order valence-electron chi connectivity index (χ1n) is 8.40. The third-order valence-electron chi connectivity index (χ3n) is 4.02. The molecule has 0 radical (unpaired) electrons. The smallest absolute Gasteiger partial charge is 0.339 e. The van der Waals surface area contributed by atoms with E-state index in [2.05, 4.69) is 0 Å². The van der Waals surface area contributed by atoms with Crippen LogP contribution < -0.4 is 9.47 Å². The van der Waals surface area contributed by atoms with E-state index in [1.807, 2.05) is 37.3 Å². The maximum atomic E-state index is 11.5. The molecule has 1 saturated carbocycles. The van der Waals surface area contributed by atoms with Crippen molar-refractivity contribution in [1.29, 1.82) is 0 Å². The van der Waals surface area contributed by atoms with Crippen LogP contribution in [0.15, 0.2) is 42.5 Å². The van der Waals surface area contributed by atoms with Gasteiger partial charge in [0, 0.05) is 0 Å². The summed E-state index contributed by atoms with van der Waals surface area (Å²) in [6.07, 6.45) is 3.34. The number of carboxylic acid groups (broad SMARTS) is 1. The van der Waals surface area contributed by atoms with Crippen LogP contribution in [0.1, 0.15) is 36.5 Å². The van der Waals surface area contributed by atoms with E-state index in [0.29, 0.717) is 18.3 Å². The summed E-state index contributed by atoms with van der Waals surface area (Å²) in [6.45, 7) is 3.25. The van der Waals surface area contributed by atoms with E-state index in [4.69, 9.17) is 9.47 Å². The van der Waals surface area contributed by atoms with Crippen LogP contribution in [-0.4, -0.2) is 24.3 Å². The highest BCUT2D eigenvalue weighted by Crippen LogP contribution is 2.32. The van der Waals surface area contributed by atoms with Crippen molar-refractivity contribution in [1.82, 2.24) is 0 Å². The summed E-state index contributed by atoms with van der Waals surface area (Å²) >= 11 is 0. The Morgan fingerprint density at radius 3 is 2.62 bits per heavy atom. The molecule has 0 bridgehead atoms. The van der Waals surface area contributed by atoms with E-state index in [1.165, 1.54) is 12.8 Å². The van der Waals surface area contributed by atoms with Gasteiger partial charge in [-0.15, -0.1) is 0 Å². The fourth-order valence-electron chi connectivity index (χ4n) is 2.48. The van der Waals surface area contributed by atoms with Crippen molar-refractivity contribution < 1.29 is 19.4 Å². The van der Waals surface area contributed by atoms with Gasteiger partial charge in [-0.25, -0.2) is 4.79 Å². The molecule has 0 aromatic heterocycles. The predicted octanol–water partition coefficient (Wildman–Crippen LogP) is 4.63. The molecule has 4 heteroatoms. The van der Waals surface area contributed by atoms with E-state index in [0.717, 1.165) is 29.9 Å². The molecule has 2 aromatic carbocycles. The van der Waals surface area contributed by atoms with Gasteiger partial charge >= 0.3 is 5.97 Å². The summed E-state index contributed by atoms with van der Waals surface area (Å²) in [4.78, 5) is 11.5. The molecular weight excluding hydrogens is 304 g/mol. The standard InChI is InChI=1S/C20H22O4/c1-2-10-23-19-9-8-16(12-18(19)20(21)22)15-4-3-5-17(11-15)24-13-14-6-7-14/h3-5,8-9,11-12,14H,2,6-7,10,13H2,1H3,(H,21,22). The van der Waals surface area contributed by atoms with Crippen molar-refractivity contribution in [2.75, 3.05) is 13.2 Å². The number of benzene rings is 2. The van der Waals surface area contributed by atoms with Gasteiger partial charge in [0.05, 0.1) is 13.2 Å². The number of hydrogen-bond donors (Lipinski definition) is 1. The molecular formula is C20H22O4. The summed E-state index contributed by atoms with van der Waals surface area (Å²) in [6, 6.07) is 13.0. The summed E-state index contributed by atoms with van der Waals surface area (Å²) in [5.74, 6) is 0.947. The van der Waals surface area contributed by atoms with Crippen molar-refractivity contribution in [3.05, 3.63) is 48.0 Å². The number of ether oxygens (including phenoxy) is 2. The second-order valence-corrected chi connectivity index (χ2v) is 6.15. The quantitative estimate of drug-likeness (QED) is 0.768. The second-order valence-electron chi connectivity index (χ2n) is 6.15. The van der Waals surface area contributed by atoms with Gasteiger partial charge in [0.25, 0.3) is 0 Å². The molecule has 1 fully saturated rings. The average Bonchev–Trinajstić information content (AvgIpc) is 3.42. The summed E-state index contributed by atoms with van der Waals surface area (Å²) in [7, 11) is 0. The van der Waals surface area contributed by atoms with Crippen LogP contribution in [0.3, 0.4) is 0 Å². The van der Waals surface area contributed by atoms with E-state index < -0.39 is 5.97 Å². The molecule has 1 aliphatic carbocycles. The van der Waals surface area contributed by atoms with Crippen molar-refractivity contribution in [2.24, 2.45) is 5.92 Å². The maximum Gasteiger partial charge on any atom is 0.339 e. The van der Waals surface area contributed by atoms with Gasteiger partial charge < -0.3 is 14.6 Å². The largest absolute Gasteiger partial charge is 0.493 e. The maximum absolute atomic E-state index is 11.5. The van der Waals surface area contributed by atoms with Crippen molar-refractivity contribution in [3.63, 3.8) is 0 Å². The van der Waals surface area contributed by atoms with Gasteiger partial charge in [0.1, 0.15) is 17.1 Å². The molecule has 3 rings (SSSR count). The first-order valence-corrected chi connectivity index (χ1v) is 8.40. The number of hydrogen-bond acceptors (Lipinski definition) is 3. The first-order chi connectivity index (χ1) is 11.7. The molecule has 4 nitrogen and oxygen atoms in total. The molecule has 126 valence electrons. The van der Waals surface area contributed by atoms with Crippen LogP contribution >= 0.6 is 0 Å². The highest BCUT2D eigenvalue weighted by molar-refractivity contribution is 5.92. The monoisotopic (exact) mass is 326 g/mol. The Balaban J connectivity index is 1.83. The van der Waals surface area contributed by atoms with Gasteiger partial charge in [-0.05, 0) is 60.6 Å². The van der Waals surface area contributed by atoms with E-state index in [9.17, 15) is 9.90 Å². The molecule has 1 N–H and O–H groups in total. The Morgan fingerprint density at radius 1 is 1.12 bits per heavy atom. The van der Waals surface area contributed by atoms with E-state index in [-0.39, 0.29) is 5.56 Å². The third kappa shape index (κ3) is 4.07. The van der Waals surface area contributed by atoms with Crippen molar-refractivity contribution in [2.45, 2.75) is 26.2 Å². The molecule has 0 aliphatic heterocycles. The number of carboxylic acids is 1. The van der Waals surface area contributed by atoms with Crippen LogP contribution in [-0.2, 0) is 0 Å². The summed E-state index contributed by atoms with van der Waals surface area (Å²) < 4.78 is 11.3. The molecule has 0 spiro atoms. The van der Waals surface area contributed by atoms with Crippen LogP contribution in [0, 0.1) is 5.92 Å². The minimum absolute atomic E-state index is 0.185. The van der Waals surface area contributed by atoms with Crippen LogP contribution in [0.25, 0.3) is 11.1 Å². The third-order valence-corrected chi connectivity index (χ3v) is 4.02. The fraction of sp³-hybridized carbons (Fsp3) is 0.350. The predicted molar refractivity (Wildman–Crippen MR) is 92.8 cm³/mol. The average molecular weight is 326 g/mol. The lowest BCUT2D eigenvalue weighted by molar-refractivity contribution is 0.0692. The summed E-state index contributed by atoms with van der Waals surface area (Å²) in [5, 5.41) is 9.44. The number of carbonyl (C=O) groups is 1. The molecule has 0 saturated heterocycles. The highest BCUT2D eigenvalue weighted by atomic mass is 16.5. The van der Waals surface area contributed by atoms with Crippen LogP contribution in [0.5, 0.6) is 11.5 Å². The van der Waals surface area contributed by atoms with Crippen molar-refractivity contribution >= 4 is 5.97 Å². The lowest BCUT2D eigenvalue weighted by Gasteiger charge is -2.11. The first kappa shape index (κ1) is 16.4. The number of rotatable bonds is 8. The van der Waals surface area contributed by atoms with Crippen molar-refractivity contribution in [3.8, 4) is 22.6 Å². The van der Waals surface area contributed by atoms with Crippen LogP contribution in [0.2, 0.25) is 0 Å². The summed E-state index contributed by atoms with van der Waals surface area (Å²) in [5.41, 5.74) is 1.96. The molecule has 0 heterocycles. The molecule has 2 aromatic rings.